The molecule has 23 heavy (non-hydrogen) atoms. The second-order valence-electron chi connectivity index (χ2n) is 5.79. The Kier molecular flexibility index (Phi) is 3.86. The van der Waals surface area contributed by atoms with Gasteiger partial charge < -0.3 is 9.80 Å². The number of aliphatic imine (C=N–C) groups is 1. The van der Waals surface area contributed by atoms with Crippen LogP contribution in [0, 0.1) is 5.92 Å². The third-order valence-electron chi connectivity index (χ3n) is 4.09. The summed E-state index contributed by atoms with van der Waals surface area (Å²) in [5, 5.41) is 0. The van der Waals surface area contributed by atoms with E-state index in [1.807, 2.05) is 37.4 Å². The third kappa shape index (κ3) is 2.59. The number of fused-ring (bicyclic) bond motifs is 1. The quantitative estimate of drug-likeness (QED) is 0.859. The van der Waals surface area contributed by atoms with Crippen molar-refractivity contribution in [1.82, 2.24) is 9.80 Å². The third-order valence-corrected chi connectivity index (χ3v) is 4.09. The summed E-state index contributed by atoms with van der Waals surface area (Å²) in [6.07, 6.45) is 5.48. The van der Waals surface area contributed by atoms with Gasteiger partial charge in [0.2, 0.25) is 0 Å². The highest BCUT2D eigenvalue weighted by Gasteiger charge is 2.34. The van der Waals surface area contributed by atoms with Gasteiger partial charge in [-0.3, -0.25) is 14.6 Å². The Bertz CT molecular complexity index is 759. The van der Waals surface area contributed by atoms with Crippen LogP contribution in [0.15, 0.2) is 47.7 Å². The summed E-state index contributed by atoms with van der Waals surface area (Å²) in [4.78, 5) is 32.0. The standard InChI is InChI=1S/C18H19N3O2/c1-4-21-11-15(14-8-9-19-16(14)18(21)23)12-6-5-7-13(10-12)17(22)20(2)3/h5-11,14H,4H2,1-3H3. The fraction of sp³-hybridized carbons (Fsp3) is 0.278. The molecule has 3 rings (SSSR count). The smallest absolute Gasteiger partial charge is 0.273 e. The van der Waals surface area contributed by atoms with Crippen LogP contribution in [0.4, 0.5) is 0 Å². The zero-order valence-corrected chi connectivity index (χ0v) is 13.5. The summed E-state index contributed by atoms with van der Waals surface area (Å²) >= 11 is 0. The molecule has 0 saturated heterocycles. The molecule has 1 aromatic carbocycles. The van der Waals surface area contributed by atoms with Crippen LogP contribution in [0.5, 0.6) is 0 Å². The lowest BCUT2D eigenvalue weighted by atomic mass is 9.86. The minimum absolute atomic E-state index is 0.0393. The molecule has 0 aliphatic carbocycles. The summed E-state index contributed by atoms with van der Waals surface area (Å²) in [6, 6.07) is 7.51. The fourth-order valence-electron chi connectivity index (χ4n) is 2.85. The Morgan fingerprint density at radius 3 is 2.83 bits per heavy atom. The fourth-order valence-corrected chi connectivity index (χ4v) is 2.85. The molecular formula is C18H19N3O2. The lowest BCUT2D eigenvalue weighted by Crippen LogP contribution is -2.39. The Balaban J connectivity index is 2.05. The van der Waals surface area contributed by atoms with Gasteiger partial charge in [0.05, 0.1) is 5.92 Å². The number of hydrogen-bond acceptors (Lipinski definition) is 3. The van der Waals surface area contributed by atoms with Crippen LogP contribution in [0.25, 0.3) is 5.57 Å². The van der Waals surface area contributed by atoms with Gasteiger partial charge in [0.1, 0.15) is 5.71 Å². The number of rotatable bonds is 3. The molecule has 0 N–H and O–H groups in total. The van der Waals surface area contributed by atoms with Crippen molar-refractivity contribution in [1.29, 1.82) is 0 Å². The molecule has 118 valence electrons. The highest BCUT2D eigenvalue weighted by Crippen LogP contribution is 2.33. The maximum absolute atomic E-state index is 12.3. The molecule has 2 aliphatic rings. The second kappa shape index (κ2) is 5.83. The first-order chi connectivity index (χ1) is 11.0. The number of hydrogen-bond donors (Lipinski definition) is 0. The average Bonchev–Trinajstić information content (AvgIpc) is 3.05. The first-order valence-corrected chi connectivity index (χ1v) is 7.62. The number of allylic oxidation sites excluding steroid dienone is 2. The van der Waals surface area contributed by atoms with Crippen molar-refractivity contribution < 1.29 is 9.59 Å². The molecule has 1 aromatic rings. The van der Waals surface area contributed by atoms with Crippen LogP contribution in [-0.2, 0) is 4.79 Å². The highest BCUT2D eigenvalue weighted by molar-refractivity contribution is 6.44. The van der Waals surface area contributed by atoms with Crippen LogP contribution in [-0.4, -0.2) is 48.0 Å². The first kappa shape index (κ1) is 15.2. The summed E-state index contributed by atoms with van der Waals surface area (Å²) < 4.78 is 0. The molecule has 0 radical (unpaired) electrons. The molecule has 0 fully saturated rings. The minimum atomic E-state index is -0.130. The van der Waals surface area contributed by atoms with Crippen molar-refractivity contribution in [2.75, 3.05) is 20.6 Å². The van der Waals surface area contributed by atoms with Crippen molar-refractivity contribution in [3.8, 4) is 0 Å². The van der Waals surface area contributed by atoms with E-state index in [0.717, 1.165) is 11.1 Å². The SMILES string of the molecule is CCN1C=C(c2cccc(C(=O)N(C)C)c2)C2C=CN=C2C1=O. The summed E-state index contributed by atoms with van der Waals surface area (Å²) in [7, 11) is 3.47. The van der Waals surface area contributed by atoms with Gasteiger partial charge in [0.15, 0.2) is 0 Å². The van der Waals surface area contributed by atoms with E-state index in [2.05, 4.69) is 4.99 Å². The van der Waals surface area contributed by atoms with Gasteiger partial charge in [0, 0.05) is 38.6 Å². The van der Waals surface area contributed by atoms with Gasteiger partial charge in [0.25, 0.3) is 11.8 Å². The Morgan fingerprint density at radius 2 is 2.13 bits per heavy atom. The summed E-state index contributed by atoms with van der Waals surface area (Å²) in [5.74, 6) is -0.218. The van der Waals surface area contributed by atoms with E-state index in [9.17, 15) is 9.59 Å². The molecule has 0 saturated carbocycles. The van der Waals surface area contributed by atoms with Crippen molar-refractivity contribution in [3.63, 3.8) is 0 Å². The van der Waals surface area contributed by atoms with E-state index >= 15 is 0 Å². The van der Waals surface area contributed by atoms with Crippen molar-refractivity contribution in [2.45, 2.75) is 6.92 Å². The zero-order valence-electron chi connectivity index (χ0n) is 13.5. The maximum Gasteiger partial charge on any atom is 0.273 e. The molecule has 5 heteroatoms. The van der Waals surface area contributed by atoms with E-state index in [4.69, 9.17) is 0 Å². The van der Waals surface area contributed by atoms with Crippen molar-refractivity contribution >= 4 is 23.1 Å². The number of amides is 2. The normalized spacial score (nSPS) is 19.3. The molecular weight excluding hydrogens is 290 g/mol. The summed E-state index contributed by atoms with van der Waals surface area (Å²) in [6.45, 7) is 2.52. The Hall–Kier alpha value is -2.69. The van der Waals surface area contributed by atoms with Crippen LogP contribution in [0.1, 0.15) is 22.8 Å². The number of carbonyl (C=O) groups is 2. The van der Waals surface area contributed by atoms with E-state index in [-0.39, 0.29) is 17.7 Å². The first-order valence-electron chi connectivity index (χ1n) is 7.62. The van der Waals surface area contributed by atoms with Crippen LogP contribution in [0.3, 0.4) is 0 Å². The highest BCUT2D eigenvalue weighted by atomic mass is 16.2. The van der Waals surface area contributed by atoms with E-state index < -0.39 is 0 Å². The maximum atomic E-state index is 12.3. The zero-order chi connectivity index (χ0) is 16.6. The topological polar surface area (TPSA) is 53.0 Å². The average molecular weight is 309 g/mol. The molecule has 0 aromatic heterocycles. The monoisotopic (exact) mass is 309 g/mol. The summed E-state index contributed by atoms with van der Waals surface area (Å²) in [5.41, 5.74) is 3.11. The molecule has 1 unspecified atom stereocenters. The van der Waals surface area contributed by atoms with Gasteiger partial charge in [-0.25, -0.2) is 0 Å². The lowest BCUT2D eigenvalue weighted by Gasteiger charge is -2.28. The predicted octanol–water partition coefficient (Wildman–Crippen LogP) is 2.18. The second-order valence-corrected chi connectivity index (χ2v) is 5.79. The van der Waals surface area contributed by atoms with Crippen LogP contribution >= 0.6 is 0 Å². The molecule has 0 spiro atoms. The number of nitrogens with zero attached hydrogens (tertiary/aromatic N) is 3. The van der Waals surface area contributed by atoms with Crippen molar-refractivity contribution in [2.24, 2.45) is 10.9 Å². The molecule has 0 bridgehead atoms. The minimum Gasteiger partial charge on any atom is -0.345 e. The van der Waals surface area contributed by atoms with Gasteiger partial charge >= 0.3 is 0 Å². The van der Waals surface area contributed by atoms with E-state index in [1.165, 1.54) is 0 Å². The van der Waals surface area contributed by atoms with Crippen LogP contribution < -0.4 is 0 Å². The predicted molar refractivity (Wildman–Crippen MR) is 89.9 cm³/mol. The van der Waals surface area contributed by atoms with Gasteiger partial charge in [-0.15, -0.1) is 0 Å². The van der Waals surface area contributed by atoms with E-state index in [0.29, 0.717) is 17.8 Å². The van der Waals surface area contributed by atoms with Crippen LogP contribution in [0.2, 0.25) is 0 Å². The van der Waals surface area contributed by atoms with E-state index in [1.54, 1.807) is 36.2 Å². The Labute approximate surface area is 135 Å². The molecule has 2 heterocycles. The van der Waals surface area contributed by atoms with Crippen molar-refractivity contribution in [3.05, 3.63) is 53.9 Å². The largest absolute Gasteiger partial charge is 0.345 e. The number of carbonyl (C=O) groups excluding carboxylic acids is 2. The number of benzene rings is 1. The van der Waals surface area contributed by atoms with Gasteiger partial charge in [-0.1, -0.05) is 18.2 Å². The molecule has 1 atom stereocenters. The van der Waals surface area contributed by atoms with Gasteiger partial charge in [-0.05, 0) is 30.2 Å². The van der Waals surface area contributed by atoms with Gasteiger partial charge in [-0.2, -0.15) is 0 Å². The molecule has 2 amide bonds. The lowest BCUT2D eigenvalue weighted by molar-refractivity contribution is -0.121. The molecule has 2 aliphatic heterocycles. The Morgan fingerprint density at radius 1 is 1.35 bits per heavy atom. The molecule has 5 nitrogen and oxygen atoms in total.